The molecule has 0 aliphatic heterocycles. The highest BCUT2D eigenvalue weighted by Gasteiger charge is 2.19. The number of nitrogens with one attached hydrogen (secondary N) is 1. The summed E-state index contributed by atoms with van der Waals surface area (Å²) in [6.45, 7) is 2.95. The van der Waals surface area contributed by atoms with Gasteiger partial charge in [-0.15, -0.1) is 0 Å². The van der Waals surface area contributed by atoms with E-state index in [1.807, 2.05) is 6.07 Å². The molecule has 0 atom stereocenters. The molecule has 0 bridgehead atoms. The molecule has 0 aromatic heterocycles. The van der Waals surface area contributed by atoms with Crippen molar-refractivity contribution < 1.29 is 4.39 Å². The third kappa shape index (κ3) is 4.52. The van der Waals surface area contributed by atoms with Gasteiger partial charge in [0, 0.05) is 29.2 Å². The van der Waals surface area contributed by atoms with Gasteiger partial charge in [0.25, 0.3) is 0 Å². The largest absolute Gasteiger partial charge is 0.313 e. The van der Waals surface area contributed by atoms with E-state index < -0.39 is 0 Å². The zero-order valence-corrected chi connectivity index (χ0v) is 12.2. The number of nitrogens with zero attached hydrogens (tertiary/aromatic N) is 1. The first-order valence-electron chi connectivity index (χ1n) is 6.01. The lowest BCUT2D eigenvalue weighted by Crippen LogP contribution is -2.30. The third-order valence-electron chi connectivity index (χ3n) is 2.96. The van der Waals surface area contributed by atoms with E-state index in [-0.39, 0.29) is 5.82 Å². The summed E-state index contributed by atoms with van der Waals surface area (Å²) < 4.78 is 14.0. The van der Waals surface area contributed by atoms with Crippen LogP contribution in [0, 0.1) is 9.39 Å². The van der Waals surface area contributed by atoms with Gasteiger partial charge >= 0.3 is 0 Å². The van der Waals surface area contributed by atoms with Crippen molar-refractivity contribution in [2.45, 2.75) is 25.4 Å². The van der Waals surface area contributed by atoms with Gasteiger partial charge in [-0.25, -0.2) is 4.39 Å². The molecule has 0 spiro atoms. The van der Waals surface area contributed by atoms with Crippen LogP contribution in [0.3, 0.4) is 0 Å². The van der Waals surface area contributed by atoms with Gasteiger partial charge < -0.3 is 10.2 Å². The molecule has 1 aliphatic rings. The Bertz CT molecular complexity index is 380. The van der Waals surface area contributed by atoms with Gasteiger partial charge in [0.2, 0.25) is 0 Å². The molecule has 0 saturated heterocycles. The Hall–Kier alpha value is -0.200. The van der Waals surface area contributed by atoms with E-state index in [9.17, 15) is 4.39 Å². The second-order valence-corrected chi connectivity index (χ2v) is 5.86. The molecule has 0 radical (unpaired) electrons. The van der Waals surface area contributed by atoms with Crippen LogP contribution in [-0.2, 0) is 6.54 Å². The Morgan fingerprint density at radius 1 is 1.47 bits per heavy atom. The highest BCUT2D eigenvalue weighted by Crippen LogP contribution is 2.18. The van der Waals surface area contributed by atoms with Crippen LogP contribution in [-0.4, -0.2) is 31.1 Å². The summed E-state index contributed by atoms with van der Waals surface area (Å²) in [6.07, 6.45) is 2.67. The van der Waals surface area contributed by atoms with Gasteiger partial charge in [-0.1, -0.05) is 6.07 Å². The van der Waals surface area contributed by atoms with Crippen LogP contribution < -0.4 is 5.32 Å². The Labute approximate surface area is 116 Å². The van der Waals surface area contributed by atoms with Crippen molar-refractivity contribution >= 4 is 22.6 Å². The second kappa shape index (κ2) is 6.11. The van der Waals surface area contributed by atoms with Crippen molar-refractivity contribution in [3.05, 3.63) is 33.1 Å². The lowest BCUT2D eigenvalue weighted by molar-refractivity contribution is 0.323. The summed E-state index contributed by atoms with van der Waals surface area (Å²) in [5.41, 5.74) is 1.20. The SMILES string of the molecule is CN(CCNC1CC1)Cc1ccc(F)cc1I. The minimum Gasteiger partial charge on any atom is -0.313 e. The topological polar surface area (TPSA) is 15.3 Å². The fraction of sp³-hybridized carbons (Fsp3) is 0.538. The van der Waals surface area contributed by atoms with E-state index in [4.69, 9.17) is 0 Å². The summed E-state index contributed by atoms with van der Waals surface area (Å²) in [6, 6.07) is 5.77. The standard InChI is InChI=1S/C13H18FIN2/c1-17(7-6-16-12-4-5-12)9-10-2-3-11(14)8-13(10)15/h2-3,8,12,16H,4-7,9H2,1H3. The molecule has 1 aromatic carbocycles. The monoisotopic (exact) mass is 348 g/mol. The number of rotatable bonds is 6. The smallest absolute Gasteiger partial charge is 0.124 e. The number of hydrogen-bond acceptors (Lipinski definition) is 2. The molecule has 2 rings (SSSR count). The Balaban J connectivity index is 1.77. The summed E-state index contributed by atoms with van der Waals surface area (Å²) in [5.74, 6) is -0.156. The normalized spacial score (nSPS) is 15.5. The highest BCUT2D eigenvalue weighted by molar-refractivity contribution is 14.1. The van der Waals surface area contributed by atoms with Crippen LogP contribution >= 0.6 is 22.6 Å². The van der Waals surface area contributed by atoms with E-state index in [0.29, 0.717) is 0 Å². The van der Waals surface area contributed by atoms with Gasteiger partial charge in [0.05, 0.1) is 0 Å². The zero-order valence-electron chi connectivity index (χ0n) is 10.0. The maximum Gasteiger partial charge on any atom is 0.124 e. The molecule has 1 fully saturated rings. The average molecular weight is 348 g/mol. The molecular formula is C13H18FIN2. The zero-order chi connectivity index (χ0) is 12.3. The predicted octanol–water partition coefficient (Wildman–Crippen LogP) is 2.61. The van der Waals surface area contributed by atoms with Crippen LogP contribution in [0.5, 0.6) is 0 Å². The molecule has 1 N–H and O–H groups in total. The van der Waals surface area contributed by atoms with Crippen LogP contribution in [0.1, 0.15) is 18.4 Å². The molecule has 1 aliphatic carbocycles. The molecule has 2 nitrogen and oxygen atoms in total. The fourth-order valence-corrected chi connectivity index (χ4v) is 2.41. The lowest BCUT2D eigenvalue weighted by atomic mass is 10.2. The maximum absolute atomic E-state index is 13.0. The molecule has 0 unspecified atom stereocenters. The number of likely N-dealkylation sites (N-methyl/N-ethyl adjacent to an activating group) is 1. The van der Waals surface area contributed by atoms with Gasteiger partial charge in [-0.3, -0.25) is 0 Å². The second-order valence-electron chi connectivity index (χ2n) is 4.70. The van der Waals surface area contributed by atoms with Crippen molar-refractivity contribution in [1.82, 2.24) is 10.2 Å². The summed E-state index contributed by atoms with van der Waals surface area (Å²) in [7, 11) is 2.11. The first kappa shape index (κ1) is 13.2. The quantitative estimate of drug-likeness (QED) is 0.796. The minimum absolute atomic E-state index is 0.156. The molecule has 94 valence electrons. The van der Waals surface area contributed by atoms with Crippen LogP contribution in [0.25, 0.3) is 0 Å². The van der Waals surface area contributed by atoms with Crippen molar-refractivity contribution in [2.75, 3.05) is 20.1 Å². The van der Waals surface area contributed by atoms with Crippen LogP contribution in [0.2, 0.25) is 0 Å². The summed E-state index contributed by atoms with van der Waals surface area (Å²) >= 11 is 2.20. The Morgan fingerprint density at radius 3 is 2.88 bits per heavy atom. The molecule has 0 amide bonds. The first-order chi connectivity index (χ1) is 8.15. The predicted molar refractivity (Wildman–Crippen MR) is 76.5 cm³/mol. The summed E-state index contributed by atoms with van der Waals surface area (Å²) in [5, 5.41) is 3.49. The van der Waals surface area contributed by atoms with Gasteiger partial charge in [0.15, 0.2) is 0 Å². The fourth-order valence-electron chi connectivity index (χ4n) is 1.77. The molecule has 0 heterocycles. The summed E-state index contributed by atoms with van der Waals surface area (Å²) in [4.78, 5) is 2.27. The van der Waals surface area contributed by atoms with E-state index in [0.717, 1.165) is 29.2 Å². The Morgan fingerprint density at radius 2 is 2.24 bits per heavy atom. The van der Waals surface area contributed by atoms with Crippen molar-refractivity contribution in [3.8, 4) is 0 Å². The minimum atomic E-state index is -0.156. The van der Waals surface area contributed by atoms with Crippen LogP contribution in [0.4, 0.5) is 4.39 Å². The van der Waals surface area contributed by atoms with Crippen LogP contribution in [0.15, 0.2) is 18.2 Å². The van der Waals surface area contributed by atoms with Crippen molar-refractivity contribution in [2.24, 2.45) is 0 Å². The molecular weight excluding hydrogens is 330 g/mol. The van der Waals surface area contributed by atoms with Crippen molar-refractivity contribution in [1.29, 1.82) is 0 Å². The van der Waals surface area contributed by atoms with Gasteiger partial charge in [-0.05, 0) is 60.2 Å². The highest BCUT2D eigenvalue weighted by atomic mass is 127. The lowest BCUT2D eigenvalue weighted by Gasteiger charge is -2.17. The molecule has 1 saturated carbocycles. The van der Waals surface area contributed by atoms with Crippen molar-refractivity contribution in [3.63, 3.8) is 0 Å². The van der Waals surface area contributed by atoms with E-state index in [2.05, 4.69) is 39.9 Å². The van der Waals surface area contributed by atoms with E-state index in [1.54, 1.807) is 6.07 Å². The molecule has 1 aromatic rings. The van der Waals surface area contributed by atoms with E-state index in [1.165, 1.54) is 24.5 Å². The number of benzene rings is 1. The number of halogens is 2. The van der Waals surface area contributed by atoms with Gasteiger partial charge in [-0.2, -0.15) is 0 Å². The van der Waals surface area contributed by atoms with E-state index >= 15 is 0 Å². The average Bonchev–Trinajstić information content (AvgIpc) is 3.06. The van der Waals surface area contributed by atoms with Gasteiger partial charge in [0.1, 0.15) is 5.82 Å². The molecule has 4 heteroatoms. The first-order valence-corrected chi connectivity index (χ1v) is 7.09. The number of hydrogen-bond donors (Lipinski definition) is 1. The molecule has 17 heavy (non-hydrogen) atoms. The Kier molecular flexibility index (Phi) is 4.76. The maximum atomic E-state index is 13.0. The third-order valence-corrected chi connectivity index (χ3v) is 3.96.